The molecule has 0 saturated carbocycles. The average molecular weight is 405 g/mol. The molecule has 2 amide bonds. The van der Waals surface area contributed by atoms with Crippen LogP contribution in [-0.2, 0) is 11.2 Å². The van der Waals surface area contributed by atoms with Crippen LogP contribution in [0, 0.1) is 17.7 Å². The Morgan fingerprint density at radius 3 is 2.80 bits per heavy atom. The smallest absolute Gasteiger partial charge is 0.298 e. The largest absolute Gasteiger partial charge is 0.367 e. The molecule has 154 valence electrons. The van der Waals surface area contributed by atoms with Gasteiger partial charge in [0.25, 0.3) is 5.91 Å². The lowest BCUT2D eigenvalue weighted by Gasteiger charge is -2.39. The normalized spacial score (nSPS) is 16.9. The van der Waals surface area contributed by atoms with Crippen molar-refractivity contribution >= 4 is 17.5 Å². The number of fused-ring (bicyclic) bond motifs is 3. The van der Waals surface area contributed by atoms with E-state index in [4.69, 9.17) is 5.73 Å². The molecule has 2 aliphatic rings. The lowest BCUT2D eigenvalue weighted by atomic mass is 9.95. The number of likely N-dealkylation sites (N-methyl/N-ethyl adjacent to an activating group) is 1. The van der Waals surface area contributed by atoms with Crippen LogP contribution in [0.2, 0.25) is 0 Å². The summed E-state index contributed by atoms with van der Waals surface area (Å²) in [5, 5.41) is 0. The van der Waals surface area contributed by atoms with Crippen LogP contribution in [0.25, 0.3) is 11.1 Å². The standard InChI is InChI=1S/C24H24FN3O2/c1-3-7-21(29)27(2)16-9-6-11-28(14-16)23-20(25)13-19(24(26)30)18-12-15-8-4-5-10-17(15)22(18)23/h4-5,8,10,13,16H,6,9,11-12,14H2,1-2H3,(H2,26,30)/t16-/m0/s1. The van der Waals surface area contributed by atoms with Gasteiger partial charge in [-0.1, -0.05) is 30.2 Å². The number of nitrogens with zero attached hydrogens (tertiary/aromatic N) is 2. The first-order chi connectivity index (χ1) is 14.4. The molecule has 1 fully saturated rings. The van der Waals surface area contributed by atoms with Crippen LogP contribution in [0.1, 0.15) is 41.3 Å². The molecule has 0 spiro atoms. The summed E-state index contributed by atoms with van der Waals surface area (Å²) in [5.41, 5.74) is 9.82. The van der Waals surface area contributed by atoms with Crippen molar-refractivity contribution in [1.29, 1.82) is 0 Å². The Morgan fingerprint density at radius 1 is 1.30 bits per heavy atom. The predicted octanol–water partition coefficient (Wildman–Crippen LogP) is 2.95. The van der Waals surface area contributed by atoms with E-state index in [0.717, 1.165) is 35.1 Å². The summed E-state index contributed by atoms with van der Waals surface area (Å²) in [7, 11) is 1.74. The molecule has 1 aliphatic carbocycles. The zero-order valence-corrected chi connectivity index (χ0v) is 17.2. The Bertz CT molecular complexity index is 1100. The highest BCUT2D eigenvalue weighted by atomic mass is 19.1. The third-order valence-corrected chi connectivity index (χ3v) is 6.09. The first-order valence-electron chi connectivity index (χ1n) is 10.1. The molecule has 1 aliphatic heterocycles. The highest BCUT2D eigenvalue weighted by Gasteiger charge is 2.33. The van der Waals surface area contributed by atoms with E-state index in [-0.39, 0.29) is 17.5 Å². The Morgan fingerprint density at radius 2 is 2.07 bits per heavy atom. The van der Waals surface area contributed by atoms with Crippen molar-refractivity contribution in [3.63, 3.8) is 0 Å². The fraction of sp³-hybridized carbons (Fsp3) is 0.333. The molecule has 4 rings (SSSR count). The van der Waals surface area contributed by atoms with Gasteiger partial charge in [0, 0.05) is 37.3 Å². The van der Waals surface area contributed by atoms with Gasteiger partial charge < -0.3 is 15.5 Å². The van der Waals surface area contributed by atoms with Gasteiger partial charge in [0.1, 0.15) is 5.82 Å². The molecular weight excluding hydrogens is 381 g/mol. The van der Waals surface area contributed by atoms with E-state index in [1.54, 1.807) is 18.9 Å². The lowest BCUT2D eigenvalue weighted by molar-refractivity contribution is -0.126. The number of amides is 2. The lowest BCUT2D eigenvalue weighted by Crippen LogP contribution is -2.48. The van der Waals surface area contributed by atoms with Gasteiger partial charge in [-0.25, -0.2) is 4.39 Å². The van der Waals surface area contributed by atoms with Gasteiger partial charge >= 0.3 is 0 Å². The first kappa shape index (κ1) is 20.0. The van der Waals surface area contributed by atoms with Crippen LogP contribution in [0.3, 0.4) is 0 Å². The molecule has 1 atom stereocenters. The topological polar surface area (TPSA) is 66.6 Å². The second-order valence-electron chi connectivity index (χ2n) is 7.84. The predicted molar refractivity (Wildman–Crippen MR) is 115 cm³/mol. The van der Waals surface area contributed by atoms with Gasteiger partial charge in [-0.2, -0.15) is 0 Å². The Labute approximate surface area is 175 Å². The van der Waals surface area contributed by atoms with Gasteiger partial charge in [0.15, 0.2) is 0 Å². The molecular formula is C24H24FN3O2. The van der Waals surface area contributed by atoms with Gasteiger partial charge in [-0.3, -0.25) is 9.59 Å². The molecule has 5 nitrogen and oxygen atoms in total. The highest BCUT2D eigenvalue weighted by Crippen LogP contribution is 2.46. The van der Waals surface area contributed by atoms with Crippen LogP contribution in [-0.4, -0.2) is 42.9 Å². The van der Waals surface area contributed by atoms with Crippen molar-refractivity contribution in [3.8, 4) is 23.0 Å². The third-order valence-electron chi connectivity index (χ3n) is 6.09. The number of primary amides is 1. The van der Waals surface area contributed by atoms with Crippen LogP contribution in [0.4, 0.5) is 10.1 Å². The number of benzene rings is 2. The number of carbonyl (C=O) groups excluding carboxylic acids is 2. The Balaban J connectivity index is 1.78. The molecule has 0 unspecified atom stereocenters. The van der Waals surface area contributed by atoms with E-state index in [2.05, 4.69) is 11.8 Å². The summed E-state index contributed by atoms with van der Waals surface area (Å²) < 4.78 is 15.4. The van der Waals surface area contributed by atoms with Crippen LogP contribution < -0.4 is 10.6 Å². The Kier molecular flexibility index (Phi) is 5.21. The van der Waals surface area contributed by atoms with Crippen molar-refractivity contribution in [3.05, 3.63) is 52.8 Å². The van der Waals surface area contributed by atoms with E-state index >= 15 is 4.39 Å². The number of hydrogen-bond donors (Lipinski definition) is 1. The van der Waals surface area contributed by atoms with Crippen LogP contribution in [0.15, 0.2) is 30.3 Å². The maximum absolute atomic E-state index is 15.4. The monoisotopic (exact) mass is 405 g/mol. The molecule has 2 aromatic carbocycles. The summed E-state index contributed by atoms with van der Waals surface area (Å²) in [6.45, 7) is 2.82. The second kappa shape index (κ2) is 7.83. The van der Waals surface area contributed by atoms with Crippen molar-refractivity contribution < 1.29 is 14.0 Å². The van der Waals surface area contributed by atoms with Crippen molar-refractivity contribution in [1.82, 2.24) is 4.90 Å². The summed E-state index contributed by atoms with van der Waals surface area (Å²) in [4.78, 5) is 27.9. The van der Waals surface area contributed by atoms with Crippen molar-refractivity contribution in [2.24, 2.45) is 5.73 Å². The Hall–Kier alpha value is -3.33. The molecule has 30 heavy (non-hydrogen) atoms. The van der Waals surface area contributed by atoms with Crippen LogP contribution >= 0.6 is 0 Å². The third kappa shape index (κ3) is 3.30. The van der Waals surface area contributed by atoms with E-state index < -0.39 is 11.7 Å². The number of piperidine rings is 1. The minimum atomic E-state index is -0.621. The van der Waals surface area contributed by atoms with E-state index in [9.17, 15) is 9.59 Å². The number of halogens is 1. The molecule has 0 aromatic heterocycles. The zero-order chi connectivity index (χ0) is 21.4. The maximum Gasteiger partial charge on any atom is 0.298 e. The van der Waals surface area contributed by atoms with E-state index in [0.29, 0.717) is 25.2 Å². The summed E-state index contributed by atoms with van der Waals surface area (Å²) in [6, 6.07) is 9.02. The minimum absolute atomic E-state index is 0.0605. The van der Waals surface area contributed by atoms with Gasteiger partial charge in [-0.05, 0) is 54.9 Å². The number of hydrogen-bond acceptors (Lipinski definition) is 3. The molecule has 6 heteroatoms. The molecule has 2 N–H and O–H groups in total. The number of anilines is 1. The minimum Gasteiger partial charge on any atom is -0.367 e. The van der Waals surface area contributed by atoms with Crippen molar-refractivity contribution in [2.75, 3.05) is 25.0 Å². The van der Waals surface area contributed by atoms with Crippen LogP contribution in [0.5, 0.6) is 0 Å². The zero-order valence-electron chi connectivity index (χ0n) is 17.2. The number of rotatable bonds is 3. The summed E-state index contributed by atoms with van der Waals surface area (Å²) >= 11 is 0. The van der Waals surface area contributed by atoms with Gasteiger partial charge in [-0.15, -0.1) is 0 Å². The number of nitrogens with two attached hydrogens (primary N) is 1. The molecule has 0 bridgehead atoms. The summed E-state index contributed by atoms with van der Waals surface area (Å²) in [6.07, 6.45) is 2.22. The van der Waals surface area contributed by atoms with Crippen molar-refractivity contribution in [2.45, 2.75) is 32.2 Å². The molecule has 2 aromatic rings. The summed E-state index contributed by atoms with van der Waals surface area (Å²) in [5.74, 6) is 3.91. The van der Waals surface area contributed by atoms with E-state index in [1.165, 1.54) is 6.07 Å². The number of carbonyl (C=O) groups is 2. The second-order valence-corrected chi connectivity index (χ2v) is 7.84. The first-order valence-corrected chi connectivity index (χ1v) is 10.1. The fourth-order valence-corrected chi connectivity index (χ4v) is 4.63. The fourth-order valence-electron chi connectivity index (χ4n) is 4.63. The van der Waals surface area contributed by atoms with Gasteiger partial charge in [0.05, 0.1) is 5.69 Å². The SMILES string of the molecule is CC#CC(=O)N(C)[C@H]1CCCN(c2c(F)cc(C(N)=O)c3c2-c2ccccc2C3)C1. The molecule has 1 heterocycles. The average Bonchev–Trinajstić information content (AvgIpc) is 3.12. The van der Waals surface area contributed by atoms with E-state index in [1.807, 2.05) is 29.2 Å². The molecule has 1 saturated heterocycles. The van der Waals surface area contributed by atoms with Gasteiger partial charge in [0.2, 0.25) is 5.91 Å². The molecule has 0 radical (unpaired) electrons. The highest BCUT2D eigenvalue weighted by molar-refractivity contribution is 6.01. The quantitative estimate of drug-likeness (QED) is 0.682. The maximum atomic E-state index is 15.4.